The van der Waals surface area contributed by atoms with Gasteiger partial charge in [0, 0.05) is 37.6 Å². The number of halogens is 1. The fraction of sp³-hybridized carbons (Fsp3) is 0.261. The molecule has 1 N–H and O–H groups in total. The zero-order valence-corrected chi connectivity index (χ0v) is 19.3. The molecule has 2 aromatic carbocycles. The van der Waals surface area contributed by atoms with Gasteiger partial charge in [0.25, 0.3) is 5.91 Å². The molecular formula is C23H24FN3O3S2. The first kappa shape index (κ1) is 22.4. The van der Waals surface area contributed by atoms with Crippen molar-refractivity contribution in [2.45, 2.75) is 18.2 Å². The van der Waals surface area contributed by atoms with Crippen molar-refractivity contribution in [3.05, 3.63) is 76.2 Å². The molecule has 0 bridgehead atoms. The Labute approximate surface area is 191 Å². The SMILES string of the molecule is CCc1ccc(NC(=O)c2sccc2S(=O)(=O)N2CCN(c3ccc(F)cc3)CC2)cc1. The predicted octanol–water partition coefficient (Wildman–Crippen LogP) is 4.21. The van der Waals surface area contributed by atoms with E-state index in [-0.39, 0.29) is 28.7 Å². The quantitative estimate of drug-likeness (QED) is 0.582. The Morgan fingerprint density at radius 2 is 1.66 bits per heavy atom. The largest absolute Gasteiger partial charge is 0.369 e. The Morgan fingerprint density at radius 3 is 2.28 bits per heavy atom. The molecule has 32 heavy (non-hydrogen) atoms. The summed E-state index contributed by atoms with van der Waals surface area (Å²) in [5.41, 5.74) is 2.63. The molecule has 0 atom stereocenters. The molecule has 1 aliphatic heterocycles. The van der Waals surface area contributed by atoms with Crippen molar-refractivity contribution in [3.8, 4) is 0 Å². The standard InChI is InChI=1S/C23H24FN3O3S2/c1-2-17-3-7-19(8-4-17)25-23(28)22-21(11-16-31-22)32(29,30)27-14-12-26(13-15-27)20-9-5-18(24)6-10-20/h3-11,16H,2,12-15H2,1H3,(H,25,28). The van der Waals surface area contributed by atoms with Gasteiger partial charge in [-0.15, -0.1) is 11.3 Å². The molecule has 1 saturated heterocycles. The minimum atomic E-state index is -3.81. The van der Waals surface area contributed by atoms with Gasteiger partial charge in [-0.2, -0.15) is 4.31 Å². The van der Waals surface area contributed by atoms with Crippen molar-refractivity contribution in [3.63, 3.8) is 0 Å². The maximum Gasteiger partial charge on any atom is 0.267 e. The number of thiophene rings is 1. The van der Waals surface area contributed by atoms with E-state index in [1.54, 1.807) is 17.5 Å². The number of nitrogens with zero attached hydrogens (tertiary/aromatic N) is 2. The molecule has 2 heterocycles. The van der Waals surface area contributed by atoms with Crippen molar-refractivity contribution >= 4 is 38.6 Å². The van der Waals surface area contributed by atoms with Gasteiger partial charge in [0.1, 0.15) is 15.6 Å². The second-order valence-electron chi connectivity index (χ2n) is 7.49. The second-order valence-corrected chi connectivity index (χ2v) is 10.3. The van der Waals surface area contributed by atoms with E-state index in [4.69, 9.17) is 0 Å². The van der Waals surface area contributed by atoms with E-state index in [0.29, 0.717) is 18.8 Å². The van der Waals surface area contributed by atoms with Crippen LogP contribution in [-0.4, -0.2) is 44.8 Å². The fourth-order valence-electron chi connectivity index (χ4n) is 3.66. The van der Waals surface area contributed by atoms with E-state index in [9.17, 15) is 17.6 Å². The Morgan fingerprint density at radius 1 is 1.00 bits per heavy atom. The lowest BCUT2D eigenvalue weighted by Gasteiger charge is -2.35. The van der Waals surface area contributed by atoms with E-state index in [1.807, 2.05) is 29.2 Å². The number of aryl methyl sites for hydroxylation is 1. The Balaban J connectivity index is 1.46. The summed E-state index contributed by atoms with van der Waals surface area (Å²) in [5.74, 6) is -0.743. The van der Waals surface area contributed by atoms with Gasteiger partial charge in [0.2, 0.25) is 10.0 Å². The number of nitrogens with one attached hydrogen (secondary N) is 1. The molecule has 1 fully saturated rings. The summed E-state index contributed by atoms with van der Waals surface area (Å²) in [6.45, 7) is 3.60. The van der Waals surface area contributed by atoms with Crippen molar-refractivity contribution in [2.24, 2.45) is 0 Å². The van der Waals surface area contributed by atoms with Crippen LogP contribution in [0.3, 0.4) is 0 Å². The van der Waals surface area contributed by atoms with Crippen LogP contribution in [0.25, 0.3) is 0 Å². The molecule has 6 nitrogen and oxygen atoms in total. The van der Waals surface area contributed by atoms with E-state index in [0.717, 1.165) is 29.0 Å². The van der Waals surface area contributed by atoms with Crippen molar-refractivity contribution in [1.82, 2.24) is 4.31 Å². The van der Waals surface area contributed by atoms with Crippen LogP contribution in [0.1, 0.15) is 22.2 Å². The Bertz CT molecular complexity index is 1180. The van der Waals surface area contributed by atoms with Crippen LogP contribution in [0.5, 0.6) is 0 Å². The van der Waals surface area contributed by atoms with E-state index in [2.05, 4.69) is 12.2 Å². The monoisotopic (exact) mass is 473 g/mol. The van der Waals surface area contributed by atoms with Gasteiger partial charge < -0.3 is 10.2 Å². The van der Waals surface area contributed by atoms with Crippen LogP contribution < -0.4 is 10.2 Å². The summed E-state index contributed by atoms with van der Waals surface area (Å²) in [7, 11) is -3.81. The summed E-state index contributed by atoms with van der Waals surface area (Å²) in [6, 6.07) is 15.1. The summed E-state index contributed by atoms with van der Waals surface area (Å²) < 4.78 is 41.1. The van der Waals surface area contributed by atoms with Crippen LogP contribution in [0.15, 0.2) is 64.9 Å². The van der Waals surface area contributed by atoms with Gasteiger partial charge in [0.05, 0.1) is 0 Å². The smallest absolute Gasteiger partial charge is 0.267 e. The lowest BCUT2D eigenvalue weighted by Crippen LogP contribution is -2.48. The highest BCUT2D eigenvalue weighted by Crippen LogP contribution is 2.28. The number of hydrogen-bond acceptors (Lipinski definition) is 5. The lowest BCUT2D eigenvalue weighted by molar-refractivity contribution is 0.102. The molecule has 0 unspecified atom stereocenters. The lowest BCUT2D eigenvalue weighted by atomic mass is 10.1. The zero-order chi connectivity index (χ0) is 22.7. The molecule has 0 spiro atoms. The molecule has 0 aliphatic carbocycles. The molecule has 3 aromatic rings. The topological polar surface area (TPSA) is 69.7 Å². The number of piperazine rings is 1. The summed E-state index contributed by atoms with van der Waals surface area (Å²) in [5, 5.41) is 4.42. The van der Waals surface area contributed by atoms with Gasteiger partial charge >= 0.3 is 0 Å². The molecule has 9 heteroatoms. The summed E-state index contributed by atoms with van der Waals surface area (Å²) in [6.07, 6.45) is 0.899. The minimum absolute atomic E-state index is 0.0282. The van der Waals surface area contributed by atoms with Crippen LogP contribution in [0, 0.1) is 5.82 Å². The van der Waals surface area contributed by atoms with E-state index < -0.39 is 15.9 Å². The van der Waals surface area contributed by atoms with Crippen molar-refractivity contribution < 1.29 is 17.6 Å². The molecule has 168 valence electrons. The minimum Gasteiger partial charge on any atom is -0.369 e. The van der Waals surface area contributed by atoms with Crippen LogP contribution in [0.2, 0.25) is 0 Å². The first-order valence-electron chi connectivity index (χ1n) is 10.4. The molecule has 1 aliphatic rings. The number of anilines is 2. The number of hydrogen-bond donors (Lipinski definition) is 1. The van der Waals surface area contributed by atoms with Crippen LogP contribution in [-0.2, 0) is 16.4 Å². The van der Waals surface area contributed by atoms with Gasteiger partial charge in [-0.3, -0.25) is 4.79 Å². The predicted molar refractivity (Wildman–Crippen MR) is 125 cm³/mol. The Hall–Kier alpha value is -2.75. The van der Waals surface area contributed by atoms with Crippen LogP contribution >= 0.6 is 11.3 Å². The number of carbonyl (C=O) groups is 1. The second kappa shape index (κ2) is 9.40. The van der Waals surface area contributed by atoms with Gasteiger partial charge in [0.15, 0.2) is 0 Å². The third-order valence-electron chi connectivity index (χ3n) is 5.50. The van der Waals surface area contributed by atoms with Gasteiger partial charge in [-0.25, -0.2) is 12.8 Å². The van der Waals surface area contributed by atoms with E-state index in [1.165, 1.54) is 22.5 Å². The molecule has 4 rings (SSSR count). The average molecular weight is 474 g/mol. The summed E-state index contributed by atoms with van der Waals surface area (Å²) >= 11 is 1.11. The third-order valence-corrected chi connectivity index (χ3v) is 8.49. The number of rotatable bonds is 6. The molecule has 0 saturated carbocycles. The first-order chi connectivity index (χ1) is 15.4. The highest BCUT2D eigenvalue weighted by atomic mass is 32.2. The number of amides is 1. The maximum atomic E-state index is 13.3. The fourth-order valence-corrected chi connectivity index (χ4v) is 6.37. The number of carbonyl (C=O) groups excluding carboxylic acids is 1. The highest BCUT2D eigenvalue weighted by molar-refractivity contribution is 7.89. The molecular weight excluding hydrogens is 449 g/mol. The van der Waals surface area contributed by atoms with Crippen LogP contribution in [0.4, 0.5) is 15.8 Å². The average Bonchev–Trinajstić information content (AvgIpc) is 3.31. The normalized spacial score (nSPS) is 15.0. The summed E-state index contributed by atoms with van der Waals surface area (Å²) in [4.78, 5) is 15.0. The molecule has 0 radical (unpaired) electrons. The Kier molecular flexibility index (Phi) is 6.59. The molecule has 1 amide bonds. The van der Waals surface area contributed by atoms with Crippen molar-refractivity contribution in [1.29, 1.82) is 0 Å². The van der Waals surface area contributed by atoms with Crippen molar-refractivity contribution in [2.75, 3.05) is 36.4 Å². The van der Waals surface area contributed by atoms with Gasteiger partial charge in [-0.1, -0.05) is 19.1 Å². The number of sulfonamides is 1. The van der Waals surface area contributed by atoms with E-state index >= 15 is 0 Å². The third kappa shape index (κ3) is 4.69. The first-order valence-corrected chi connectivity index (χ1v) is 12.7. The van der Waals surface area contributed by atoms with Gasteiger partial charge in [-0.05, 0) is 59.8 Å². The highest BCUT2D eigenvalue weighted by Gasteiger charge is 2.32. The zero-order valence-electron chi connectivity index (χ0n) is 17.6. The maximum absolute atomic E-state index is 13.3. The molecule has 1 aromatic heterocycles. The number of benzene rings is 2.